The van der Waals surface area contributed by atoms with Crippen molar-refractivity contribution >= 4 is 0 Å². The first-order chi connectivity index (χ1) is 9.28. The van der Waals surface area contributed by atoms with Gasteiger partial charge in [0.1, 0.15) is 0 Å². The van der Waals surface area contributed by atoms with Crippen LogP contribution in [0.25, 0.3) is 0 Å². The number of hydrogen-bond donors (Lipinski definition) is 1. The Morgan fingerprint density at radius 1 is 1.20 bits per heavy atom. The van der Waals surface area contributed by atoms with Crippen LogP contribution in [-0.4, -0.2) is 24.8 Å². The number of hydrogen-bond acceptors (Lipinski definition) is 2. The van der Waals surface area contributed by atoms with Gasteiger partial charge in [-0.25, -0.2) is 0 Å². The van der Waals surface area contributed by atoms with Crippen molar-refractivity contribution in [1.82, 2.24) is 5.32 Å². The fourth-order valence-electron chi connectivity index (χ4n) is 2.20. The molecular formula is C18H31NO. The highest BCUT2D eigenvalue weighted by atomic mass is 16.5. The van der Waals surface area contributed by atoms with Crippen LogP contribution in [0.5, 0.6) is 0 Å². The van der Waals surface area contributed by atoms with Crippen molar-refractivity contribution in [2.75, 3.05) is 13.2 Å². The van der Waals surface area contributed by atoms with Gasteiger partial charge in [-0.05, 0) is 45.6 Å². The summed E-state index contributed by atoms with van der Waals surface area (Å²) in [5, 5.41) is 3.56. The lowest BCUT2D eigenvalue weighted by Crippen LogP contribution is -2.29. The molecule has 1 aromatic carbocycles. The van der Waals surface area contributed by atoms with E-state index in [-0.39, 0.29) is 5.60 Å². The van der Waals surface area contributed by atoms with Crippen molar-refractivity contribution in [3.63, 3.8) is 0 Å². The Kier molecular flexibility index (Phi) is 6.70. The molecule has 2 heteroatoms. The smallest absolute Gasteiger partial charge is 0.0598 e. The van der Waals surface area contributed by atoms with Gasteiger partial charge in [0.05, 0.1) is 5.60 Å². The van der Waals surface area contributed by atoms with Crippen molar-refractivity contribution in [3.8, 4) is 0 Å². The molecule has 0 saturated heterocycles. The Hall–Kier alpha value is -0.860. The molecule has 0 aromatic heterocycles. The largest absolute Gasteiger partial charge is 0.376 e. The maximum Gasteiger partial charge on any atom is 0.0598 e. The molecule has 0 aliphatic heterocycles. The van der Waals surface area contributed by atoms with Gasteiger partial charge < -0.3 is 10.1 Å². The zero-order valence-electron chi connectivity index (χ0n) is 14.0. The third kappa shape index (κ3) is 7.06. The molecule has 0 radical (unpaired) electrons. The molecule has 0 saturated carbocycles. The van der Waals surface area contributed by atoms with Crippen LogP contribution in [0.3, 0.4) is 0 Å². The summed E-state index contributed by atoms with van der Waals surface area (Å²) in [6, 6.07) is 9.35. The first-order valence-electron chi connectivity index (χ1n) is 7.72. The van der Waals surface area contributed by atoms with E-state index in [0.29, 0.717) is 12.0 Å². The van der Waals surface area contributed by atoms with Crippen molar-refractivity contribution < 1.29 is 4.74 Å². The third-order valence-electron chi connectivity index (χ3n) is 3.29. The highest BCUT2D eigenvalue weighted by Gasteiger charge is 2.15. The molecule has 0 heterocycles. The molecule has 0 aliphatic rings. The predicted molar refractivity (Wildman–Crippen MR) is 87.4 cm³/mol. The molecule has 1 aromatic rings. The van der Waals surface area contributed by atoms with Crippen LogP contribution >= 0.6 is 0 Å². The van der Waals surface area contributed by atoms with Gasteiger partial charge in [-0.3, -0.25) is 0 Å². The van der Waals surface area contributed by atoms with E-state index in [2.05, 4.69) is 71.1 Å². The molecule has 20 heavy (non-hydrogen) atoms. The maximum absolute atomic E-state index is 5.89. The lowest BCUT2D eigenvalue weighted by molar-refractivity contribution is -0.00628. The minimum absolute atomic E-state index is 0.0529. The van der Waals surface area contributed by atoms with Crippen LogP contribution in [0.15, 0.2) is 24.3 Å². The molecule has 0 fully saturated rings. The second-order valence-electron chi connectivity index (χ2n) is 6.92. The molecule has 0 bridgehead atoms. The minimum atomic E-state index is -0.0529. The average Bonchev–Trinajstić information content (AvgIpc) is 2.31. The fourth-order valence-corrected chi connectivity index (χ4v) is 2.20. The summed E-state index contributed by atoms with van der Waals surface area (Å²) in [7, 11) is 0. The molecule has 2 nitrogen and oxygen atoms in total. The predicted octanol–water partition coefficient (Wildman–Crippen LogP) is 4.28. The summed E-state index contributed by atoms with van der Waals surface area (Å²) in [5.74, 6) is 0.514. The Bertz CT molecular complexity index is 393. The Morgan fingerprint density at radius 2 is 1.90 bits per heavy atom. The van der Waals surface area contributed by atoms with Gasteiger partial charge in [0.25, 0.3) is 0 Å². The van der Waals surface area contributed by atoms with E-state index in [0.717, 1.165) is 19.6 Å². The highest BCUT2D eigenvalue weighted by molar-refractivity contribution is 5.25. The minimum Gasteiger partial charge on any atom is -0.376 e. The summed E-state index contributed by atoms with van der Waals surface area (Å²) < 4.78 is 5.89. The number of aryl methyl sites for hydroxylation is 1. The van der Waals surface area contributed by atoms with E-state index < -0.39 is 0 Å². The standard InChI is InChI=1S/C18H31NO/c1-14(2)19-13-17(10-11-20-18(4,5)6)16-9-7-8-15(3)12-16/h7-9,12,14,17,19H,10-11,13H2,1-6H3. The van der Waals surface area contributed by atoms with E-state index in [1.807, 2.05) is 0 Å². The van der Waals surface area contributed by atoms with Gasteiger partial charge in [-0.2, -0.15) is 0 Å². The number of ether oxygens (including phenoxy) is 1. The van der Waals surface area contributed by atoms with Crippen molar-refractivity contribution in [2.45, 2.75) is 65.5 Å². The molecular weight excluding hydrogens is 246 g/mol. The second-order valence-corrected chi connectivity index (χ2v) is 6.92. The summed E-state index contributed by atoms with van der Waals surface area (Å²) >= 11 is 0. The molecule has 1 N–H and O–H groups in total. The number of benzene rings is 1. The Morgan fingerprint density at radius 3 is 2.45 bits per heavy atom. The van der Waals surface area contributed by atoms with Gasteiger partial charge in [0, 0.05) is 19.2 Å². The number of rotatable bonds is 7. The topological polar surface area (TPSA) is 21.3 Å². The molecule has 1 atom stereocenters. The summed E-state index contributed by atoms with van der Waals surface area (Å²) in [4.78, 5) is 0. The molecule has 0 amide bonds. The van der Waals surface area contributed by atoms with Gasteiger partial charge in [0.2, 0.25) is 0 Å². The van der Waals surface area contributed by atoms with E-state index in [1.165, 1.54) is 11.1 Å². The van der Waals surface area contributed by atoms with Crippen LogP contribution in [0.4, 0.5) is 0 Å². The molecule has 1 rings (SSSR count). The maximum atomic E-state index is 5.89. The lowest BCUT2D eigenvalue weighted by Gasteiger charge is -2.24. The van der Waals surface area contributed by atoms with Crippen molar-refractivity contribution in [2.24, 2.45) is 0 Å². The first kappa shape index (κ1) is 17.2. The Labute approximate surface area is 124 Å². The van der Waals surface area contributed by atoms with Gasteiger partial charge in [-0.1, -0.05) is 43.7 Å². The lowest BCUT2D eigenvalue weighted by atomic mass is 9.94. The molecule has 1 unspecified atom stereocenters. The van der Waals surface area contributed by atoms with Crippen LogP contribution in [0.2, 0.25) is 0 Å². The zero-order valence-corrected chi connectivity index (χ0v) is 14.0. The van der Waals surface area contributed by atoms with E-state index in [9.17, 15) is 0 Å². The zero-order chi connectivity index (χ0) is 15.2. The average molecular weight is 277 g/mol. The van der Waals surface area contributed by atoms with Crippen LogP contribution in [0, 0.1) is 6.92 Å². The number of nitrogens with one attached hydrogen (secondary N) is 1. The van der Waals surface area contributed by atoms with Gasteiger partial charge in [0.15, 0.2) is 0 Å². The van der Waals surface area contributed by atoms with Crippen LogP contribution in [0.1, 0.15) is 58.1 Å². The summed E-state index contributed by atoms with van der Waals surface area (Å²) in [5.41, 5.74) is 2.69. The highest BCUT2D eigenvalue weighted by Crippen LogP contribution is 2.21. The van der Waals surface area contributed by atoms with E-state index in [1.54, 1.807) is 0 Å². The quantitative estimate of drug-likeness (QED) is 0.803. The summed E-state index contributed by atoms with van der Waals surface area (Å²) in [6.45, 7) is 14.7. The van der Waals surface area contributed by atoms with Crippen molar-refractivity contribution in [1.29, 1.82) is 0 Å². The second kappa shape index (κ2) is 7.80. The van der Waals surface area contributed by atoms with Crippen molar-refractivity contribution in [3.05, 3.63) is 35.4 Å². The van der Waals surface area contributed by atoms with Gasteiger partial charge >= 0.3 is 0 Å². The van der Waals surface area contributed by atoms with Crippen LogP contribution in [-0.2, 0) is 4.74 Å². The monoisotopic (exact) mass is 277 g/mol. The van der Waals surface area contributed by atoms with E-state index >= 15 is 0 Å². The summed E-state index contributed by atoms with van der Waals surface area (Å²) in [6.07, 6.45) is 1.06. The SMILES string of the molecule is Cc1cccc(C(CCOC(C)(C)C)CNC(C)C)c1. The first-order valence-corrected chi connectivity index (χ1v) is 7.72. The Balaban J connectivity index is 2.65. The van der Waals surface area contributed by atoms with Crippen LogP contribution < -0.4 is 5.32 Å². The van der Waals surface area contributed by atoms with E-state index in [4.69, 9.17) is 4.74 Å². The molecule has 0 spiro atoms. The fraction of sp³-hybridized carbons (Fsp3) is 0.667. The molecule has 0 aliphatic carbocycles. The third-order valence-corrected chi connectivity index (χ3v) is 3.29. The normalized spacial score (nSPS) is 13.8. The van der Waals surface area contributed by atoms with Gasteiger partial charge in [-0.15, -0.1) is 0 Å². The molecule has 114 valence electrons.